The van der Waals surface area contributed by atoms with Crippen LogP contribution in [0.4, 0.5) is 0 Å². The Hall–Kier alpha value is -2.99. The van der Waals surface area contributed by atoms with E-state index in [-0.39, 0.29) is 10.7 Å². The van der Waals surface area contributed by atoms with Crippen LogP contribution in [0.1, 0.15) is 10.5 Å². The highest BCUT2D eigenvalue weighted by atomic mass is 35.5. The number of aromatic nitrogens is 1. The number of carbonyl (C=O) groups is 2. The molecule has 0 bridgehead atoms. The van der Waals surface area contributed by atoms with E-state index in [9.17, 15) is 9.59 Å². The summed E-state index contributed by atoms with van der Waals surface area (Å²) in [5.41, 5.74) is 0.861. The molecule has 3 aromatic rings. The Morgan fingerprint density at radius 3 is 2.54 bits per heavy atom. The fraction of sp³-hybridized carbons (Fsp3) is 0.158. The van der Waals surface area contributed by atoms with Crippen molar-refractivity contribution in [2.24, 2.45) is 0 Å². The maximum atomic E-state index is 12.1. The molecule has 0 aliphatic rings. The van der Waals surface area contributed by atoms with Gasteiger partial charge in [0.25, 0.3) is 5.91 Å². The SMILES string of the molecule is O=C(COC(=O)c1[nH]c2ccccc2c1Cl)NCCOc1ccccc1. The Balaban J connectivity index is 1.43. The number of para-hydroxylation sites is 2. The van der Waals surface area contributed by atoms with Gasteiger partial charge in [0.1, 0.15) is 18.1 Å². The summed E-state index contributed by atoms with van der Waals surface area (Å²) in [6, 6.07) is 16.5. The molecular weight excluding hydrogens is 356 g/mol. The van der Waals surface area contributed by atoms with Crippen LogP contribution < -0.4 is 10.1 Å². The third-order valence-corrected chi connectivity index (χ3v) is 4.01. The number of ether oxygens (including phenoxy) is 2. The zero-order valence-electron chi connectivity index (χ0n) is 13.8. The van der Waals surface area contributed by atoms with E-state index in [1.807, 2.05) is 42.5 Å². The smallest absolute Gasteiger partial charge is 0.356 e. The summed E-state index contributed by atoms with van der Waals surface area (Å²) in [6.07, 6.45) is 0. The standard InChI is InChI=1S/C19H17ClN2O4/c20-17-14-8-4-5-9-15(14)22-18(17)19(24)26-12-16(23)21-10-11-25-13-6-2-1-3-7-13/h1-9,22H,10-12H2,(H,21,23). The van der Waals surface area contributed by atoms with Crippen LogP contribution >= 0.6 is 11.6 Å². The van der Waals surface area contributed by atoms with Gasteiger partial charge in [0.05, 0.1) is 11.6 Å². The summed E-state index contributed by atoms with van der Waals surface area (Å²) < 4.78 is 10.5. The van der Waals surface area contributed by atoms with E-state index < -0.39 is 18.5 Å². The number of rotatable bonds is 7. The molecule has 0 aliphatic carbocycles. The molecule has 1 heterocycles. The Kier molecular flexibility index (Phi) is 5.76. The van der Waals surface area contributed by atoms with Crippen LogP contribution in [0.15, 0.2) is 54.6 Å². The van der Waals surface area contributed by atoms with E-state index in [4.69, 9.17) is 21.1 Å². The van der Waals surface area contributed by atoms with Crippen LogP contribution in [-0.4, -0.2) is 36.6 Å². The lowest BCUT2D eigenvalue weighted by Crippen LogP contribution is -2.32. The van der Waals surface area contributed by atoms with Crippen LogP contribution in [0.5, 0.6) is 5.75 Å². The number of halogens is 1. The van der Waals surface area contributed by atoms with E-state index in [1.165, 1.54) is 0 Å². The van der Waals surface area contributed by atoms with Crippen molar-refractivity contribution in [2.45, 2.75) is 0 Å². The molecule has 7 heteroatoms. The summed E-state index contributed by atoms with van der Waals surface area (Å²) >= 11 is 6.18. The fourth-order valence-corrected chi connectivity index (χ4v) is 2.67. The zero-order chi connectivity index (χ0) is 18.4. The van der Waals surface area contributed by atoms with Crippen LogP contribution in [0.3, 0.4) is 0 Å². The molecule has 0 aliphatic heterocycles. The lowest BCUT2D eigenvalue weighted by atomic mass is 10.2. The second kappa shape index (κ2) is 8.40. The van der Waals surface area contributed by atoms with Gasteiger partial charge >= 0.3 is 5.97 Å². The number of aromatic amines is 1. The molecule has 2 N–H and O–H groups in total. The average molecular weight is 373 g/mol. The van der Waals surface area contributed by atoms with Crippen LogP contribution in [-0.2, 0) is 9.53 Å². The highest BCUT2D eigenvalue weighted by molar-refractivity contribution is 6.38. The van der Waals surface area contributed by atoms with Gasteiger partial charge in [0.2, 0.25) is 0 Å². The molecule has 26 heavy (non-hydrogen) atoms. The first-order valence-corrected chi connectivity index (χ1v) is 8.41. The molecule has 134 valence electrons. The number of hydrogen-bond acceptors (Lipinski definition) is 4. The van der Waals surface area contributed by atoms with Gasteiger partial charge in [-0.3, -0.25) is 4.79 Å². The second-order valence-electron chi connectivity index (χ2n) is 5.45. The molecule has 6 nitrogen and oxygen atoms in total. The molecule has 1 amide bonds. The number of fused-ring (bicyclic) bond motifs is 1. The monoisotopic (exact) mass is 372 g/mol. The molecule has 0 radical (unpaired) electrons. The molecule has 0 saturated carbocycles. The zero-order valence-corrected chi connectivity index (χ0v) is 14.6. The van der Waals surface area contributed by atoms with Gasteiger partial charge in [-0.1, -0.05) is 48.0 Å². The number of carbonyl (C=O) groups excluding carboxylic acids is 2. The van der Waals surface area contributed by atoms with Crippen LogP contribution in [0, 0.1) is 0 Å². The summed E-state index contributed by atoms with van der Waals surface area (Å²) in [4.78, 5) is 26.8. The Morgan fingerprint density at radius 2 is 1.77 bits per heavy atom. The lowest BCUT2D eigenvalue weighted by Gasteiger charge is -2.08. The fourth-order valence-electron chi connectivity index (χ4n) is 2.38. The minimum Gasteiger partial charge on any atom is -0.492 e. The van der Waals surface area contributed by atoms with Crippen molar-refractivity contribution in [3.63, 3.8) is 0 Å². The highest BCUT2D eigenvalue weighted by Crippen LogP contribution is 2.27. The first-order chi connectivity index (χ1) is 12.6. The van der Waals surface area contributed by atoms with E-state index in [0.717, 1.165) is 16.7 Å². The summed E-state index contributed by atoms with van der Waals surface area (Å²) in [7, 11) is 0. The third-order valence-electron chi connectivity index (χ3n) is 3.62. The van der Waals surface area contributed by atoms with Crippen molar-refractivity contribution in [1.82, 2.24) is 10.3 Å². The van der Waals surface area contributed by atoms with Crippen molar-refractivity contribution in [1.29, 1.82) is 0 Å². The third kappa shape index (κ3) is 4.34. The second-order valence-corrected chi connectivity index (χ2v) is 5.83. The first-order valence-electron chi connectivity index (χ1n) is 8.03. The first kappa shape index (κ1) is 17.8. The number of amides is 1. The number of esters is 1. The number of H-pyrrole nitrogens is 1. The Labute approximate surface area is 155 Å². The maximum absolute atomic E-state index is 12.1. The molecule has 0 atom stereocenters. The Bertz CT molecular complexity index is 908. The lowest BCUT2D eigenvalue weighted by molar-refractivity contribution is -0.124. The van der Waals surface area contributed by atoms with Crippen molar-refractivity contribution >= 4 is 34.4 Å². The molecule has 1 aromatic heterocycles. The maximum Gasteiger partial charge on any atom is 0.356 e. The van der Waals surface area contributed by atoms with Gasteiger partial charge in [-0.2, -0.15) is 0 Å². The van der Waals surface area contributed by atoms with Crippen molar-refractivity contribution < 1.29 is 19.1 Å². The van der Waals surface area contributed by atoms with Crippen molar-refractivity contribution in [3.05, 3.63) is 65.3 Å². The highest BCUT2D eigenvalue weighted by Gasteiger charge is 2.18. The molecule has 2 aromatic carbocycles. The van der Waals surface area contributed by atoms with E-state index in [2.05, 4.69) is 10.3 Å². The largest absolute Gasteiger partial charge is 0.492 e. The van der Waals surface area contributed by atoms with Crippen molar-refractivity contribution in [2.75, 3.05) is 19.8 Å². The van der Waals surface area contributed by atoms with Gasteiger partial charge < -0.3 is 19.8 Å². The van der Waals surface area contributed by atoms with E-state index >= 15 is 0 Å². The summed E-state index contributed by atoms with van der Waals surface area (Å²) in [6.45, 7) is 0.228. The quantitative estimate of drug-likeness (QED) is 0.493. The van der Waals surface area contributed by atoms with E-state index in [0.29, 0.717) is 13.2 Å². The summed E-state index contributed by atoms with van der Waals surface area (Å²) in [5.74, 6) is -0.370. The summed E-state index contributed by atoms with van der Waals surface area (Å²) in [5, 5.41) is 3.62. The minimum absolute atomic E-state index is 0.132. The number of benzene rings is 2. The van der Waals surface area contributed by atoms with Gasteiger partial charge in [-0.05, 0) is 18.2 Å². The topological polar surface area (TPSA) is 80.4 Å². The Morgan fingerprint density at radius 1 is 1.04 bits per heavy atom. The van der Waals surface area contributed by atoms with Gasteiger partial charge in [0, 0.05) is 10.9 Å². The molecular formula is C19H17ClN2O4. The van der Waals surface area contributed by atoms with Crippen LogP contribution in [0.25, 0.3) is 10.9 Å². The molecule has 0 fully saturated rings. The predicted octanol–water partition coefficient (Wildman–Crippen LogP) is 3.17. The number of nitrogens with one attached hydrogen (secondary N) is 2. The number of hydrogen-bond donors (Lipinski definition) is 2. The van der Waals surface area contributed by atoms with Gasteiger partial charge in [0.15, 0.2) is 6.61 Å². The predicted molar refractivity (Wildman–Crippen MR) is 98.5 cm³/mol. The molecule has 0 spiro atoms. The molecule has 0 unspecified atom stereocenters. The minimum atomic E-state index is -0.679. The molecule has 0 saturated heterocycles. The van der Waals surface area contributed by atoms with Crippen molar-refractivity contribution in [3.8, 4) is 5.75 Å². The average Bonchev–Trinajstić information content (AvgIpc) is 3.01. The van der Waals surface area contributed by atoms with Crippen LogP contribution in [0.2, 0.25) is 5.02 Å². The molecule has 3 rings (SSSR count). The van der Waals surface area contributed by atoms with E-state index in [1.54, 1.807) is 12.1 Å². The normalized spacial score (nSPS) is 10.5. The van der Waals surface area contributed by atoms with Gasteiger partial charge in [-0.25, -0.2) is 4.79 Å². The van der Waals surface area contributed by atoms with Gasteiger partial charge in [-0.15, -0.1) is 0 Å².